The van der Waals surface area contributed by atoms with Crippen LogP contribution in [0.15, 0.2) is 30.3 Å². The number of hydrogen-bond donors (Lipinski definition) is 3. The molecule has 20 heavy (non-hydrogen) atoms. The van der Waals surface area contributed by atoms with Crippen molar-refractivity contribution in [2.24, 2.45) is 0 Å². The molecule has 0 radical (unpaired) electrons. The van der Waals surface area contributed by atoms with Gasteiger partial charge in [0.25, 0.3) is 5.91 Å². The molecular formula is C15H20N4O. The molecular weight excluding hydrogens is 252 g/mol. The van der Waals surface area contributed by atoms with Crippen LogP contribution in [-0.2, 0) is 0 Å². The monoisotopic (exact) mass is 272 g/mol. The average Bonchev–Trinajstić information content (AvgIpc) is 2.79. The van der Waals surface area contributed by atoms with Crippen LogP contribution in [0.5, 0.6) is 0 Å². The second kappa shape index (κ2) is 6.23. The lowest BCUT2D eigenvalue weighted by atomic mass is 9.98. The fraction of sp³-hybridized carbons (Fsp3) is 0.333. The molecule has 0 aliphatic carbocycles. The highest BCUT2D eigenvalue weighted by atomic mass is 16.1. The van der Waals surface area contributed by atoms with Crippen LogP contribution >= 0.6 is 0 Å². The molecule has 1 atom stereocenters. The Labute approximate surface area is 118 Å². The number of benzene rings is 1. The summed E-state index contributed by atoms with van der Waals surface area (Å²) in [5.41, 5.74) is 8.07. The minimum Gasteiger partial charge on any atom is -0.382 e. The molecule has 0 bridgehead atoms. The van der Waals surface area contributed by atoms with Crippen molar-refractivity contribution in [2.75, 3.05) is 12.3 Å². The van der Waals surface area contributed by atoms with Crippen molar-refractivity contribution in [1.29, 1.82) is 0 Å². The van der Waals surface area contributed by atoms with E-state index < -0.39 is 0 Å². The van der Waals surface area contributed by atoms with Gasteiger partial charge >= 0.3 is 0 Å². The van der Waals surface area contributed by atoms with Gasteiger partial charge in [-0.05, 0) is 24.8 Å². The summed E-state index contributed by atoms with van der Waals surface area (Å²) in [5, 5.41) is 9.42. The summed E-state index contributed by atoms with van der Waals surface area (Å²) in [6.45, 7) is 4.54. The van der Waals surface area contributed by atoms with E-state index in [-0.39, 0.29) is 11.7 Å². The van der Waals surface area contributed by atoms with E-state index in [1.165, 1.54) is 5.56 Å². The number of nitrogens with one attached hydrogen (secondary N) is 2. The molecule has 2 rings (SSSR count). The average molecular weight is 272 g/mol. The second-order valence-electron chi connectivity index (χ2n) is 4.97. The SMILES string of the molecule is Cc1[nH]nc(N)c1C(=O)NCCC(C)c1ccccc1. The predicted octanol–water partition coefficient (Wildman–Crippen LogP) is 2.22. The first-order valence-corrected chi connectivity index (χ1v) is 6.73. The van der Waals surface area contributed by atoms with Gasteiger partial charge in [-0.1, -0.05) is 37.3 Å². The number of nitrogen functional groups attached to an aromatic ring is 1. The maximum atomic E-state index is 12.0. The van der Waals surface area contributed by atoms with Crippen molar-refractivity contribution in [1.82, 2.24) is 15.5 Å². The van der Waals surface area contributed by atoms with Gasteiger partial charge in [0, 0.05) is 12.2 Å². The number of amides is 1. The van der Waals surface area contributed by atoms with Crippen molar-refractivity contribution < 1.29 is 4.79 Å². The third-order valence-electron chi connectivity index (χ3n) is 3.43. The Kier molecular flexibility index (Phi) is 4.40. The van der Waals surface area contributed by atoms with E-state index in [0.717, 1.165) is 6.42 Å². The van der Waals surface area contributed by atoms with E-state index in [1.807, 2.05) is 18.2 Å². The quantitative estimate of drug-likeness (QED) is 0.780. The highest BCUT2D eigenvalue weighted by Crippen LogP contribution is 2.18. The Balaban J connectivity index is 1.86. The first-order valence-electron chi connectivity index (χ1n) is 6.73. The number of aromatic nitrogens is 2. The maximum Gasteiger partial charge on any atom is 0.256 e. The zero-order valence-corrected chi connectivity index (χ0v) is 11.8. The van der Waals surface area contributed by atoms with Gasteiger partial charge in [-0.25, -0.2) is 0 Å². The smallest absolute Gasteiger partial charge is 0.256 e. The Bertz CT molecular complexity index is 557. The zero-order valence-electron chi connectivity index (χ0n) is 11.8. The van der Waals surface area contributed by atoms with E-state index in [1.54, 1.807) is 6.92 Å². The molecule has 0 aliphatic heterocycles. The number of anilines is 1. The van der Waals surface area contributed by atoms with Gasteiger partial charge < -0.3 is 11.1 Å². The van der Waals surface area contributed by atoms with Gasteiger partial charge in [-0.15, -0.1) is 0 Å². The molecule has 1 unspecified atom stereocenters. The summed E-state index contributed by atoms with van der Waals surface area (Å²) in [6, 6.07) is 10.3. The predicted molar refractivity (Wildman–Crippen MR) is 79.5 cm³/mol. The van der Waals surface area contributed by atoms with Crippen molar-refractivity contribution in [3.05, 3.63) is 47.2 Å². The van der Waals surface area contributed by atoms with E-state index in [4.69, 9.17) is 5.73 Å². The summed E-state index contributed by atoms with van der Waals surface area (Å²) in [6.07, 6.45) is 0.882. The number of hydrogen-bond acceptors (Lipinski definition) is 3. The number of carbonyl (C=O) groups excluding carboxylic acids is 1. The summed E-state index contributed by atoms with van der Waals surface area (Å²) >= 11 is 0. The van der Waals surface area contributed by atoms with Gasteiger partial charge in [-0.2, -0.15) is 5.10 Å². The fourth-order valence-electron chi connectivity index (χ4n) is 2.17. The van der Waals surface area contributed by atoms with Gasteiger partial charge in [0.15, 0.2) is 5.82 Å². The molecule has 0 aliphatic rings. The first-order chi connectivity index (χ1) is 9.59. The van der Waals surface area contributed by atoms with Crippen molar-refractivity contribution in [3.8, 4) is 0 Å². The van der Waals surface area contributed by atoms with E-state index >= 15 is 0 Å². The molecule has 2 aromatic rings. The van der Waals surface area contributed by atoms with Gasteiger partial charge in [0.05, 0.1) is 0 Å². The molecule has 0 saturated carbocycles. The fourth-order valence-corrected chi connectivity index (χ4v) is 2.17. The number of carbonyl (C=O) groups is 1. The molecule has 5 heteroatoms. The van der Waals surface area contributed by atoms with E-state index in [2.05, 4.69) is 34.6 Å². The molecule has 0 spiro atoms. The van der Waals surface area contributed by atoms with E-state index in [0.29, 0.717) is 23.7 Å². The van der Waals surface area contributed by atoms with Crippen LogP contribution in [0.25, 0.3) is 0 Å². The Hall–Kier alpha value is -2.30. The molecule has 5 nitrogen and oxygen atoms in total. The molecule has 1 aromatic carbocycles. The lowest BCUT2D eigenvalue weighted by molar-refractivity contribution is 0.0953. The van der Waals surface area contributed by atoms with Gasteiger partial charge in [-0.3, -0.25) is 9.89 Å². The molecule has 1 amide bonds. The molecule has 0 saturated heterocycles. The minimum atomic E-state index is -0.172. The van der Waals surface area contributed by atoms with Crippen molar-refractivity contribution in [2.45, 2.75) is 26.2 Å². The summed E-state index contributed by atoms with van der Waals surface area (Å²) in [5.74, 6) is 0.476. The topological polar surface area (TPSA) is 83.8 Å². The third kappa shape index (κ3) is 3.17. The first kappa shape index (κ1) is 14.1. The molecule has 4 N–H and O–H groups in total. The maximum absolute atomic E-state index is 12.0. The summed E-state index contributed by atoms with van der Waals surface area (Å²) in [4.78, 5) is 12.0. The Morgan fingerprint density at radius 2 is 2.10 bits per heavy atom. The Morgan fingerprint density at radius 1 is 1.40 bits per heavy atom. The zero-order chi connectivity index (χ0) is 14.5. The Morgan fingerprint density at radius 3 is 2.70 bits per heavy atom. The van der Waals surface area contributed by atoms with Gasteiger partial charge in [0.2, 0.25) is 0 Å². The lowest BCUT2D eigenvalue weighted by Gasteiger charge is -2.12. The van der Waals surface area contributed by atoms with Crippen LogP contribution in [0, 0.1) is 6.92 Å². The number of aromatic amines is 1. The number of rotatable bonds is 5. The van der Waals surface area contributed by atoms with Gasteiger partial charge in [0.1, 0.15) is 5.56 Å². The summed E-state index contributed by atoms with van der Waals surface area (Å²) < 4.78 is 0. The van der Waals surface area contributed by atoms with Crippen LogP contribution in [0.3, 0.4) is 0 Å². The number of aryl methyl sites for hydroxylation is 1. The second-order valence-corrected chi connectivity index (χ2v) is 4.97. The molecule has 106 valence electrons. The highest BCUT2D eigenvalue weighted by Gasteiger charge is 2.15. The van der Waals surface area contributed by atoms with E-state index in [9.17, 15) is 4.79 Å². The minimum absolute atomic E-state index is 0.172. The van der Waals surface area contributed by atoms with Crippen LogP contribution in [0.1, 0.15) is 40.9 Å². The third-order valence-corrected chi connectivity index (χ3v) is 3.43. The van der Waals surface area contributed by atoms with Crippen molar-refractivity contribution >= 4 is 11.7 Å². The summed E-state index contributed by atoms with van der Waals surface area (Å²) in [7, 11) is 0. The highest BCUT2D eigenvalue weighted by molar-refractivity contribution is 5.99. The molecule has 1 heterocycles. The van der Waals surface area contributed by atoms with Crippen molar-refractivity contribution in [3.63, 3.8) is 0 Å². The molecule has 0 fully saturated rings. The van der Waals surface area contributed by atoms with Crippen LogP contribution in [0.4, 0.5) is 5.82 Å². The number of nitrogens with two attached hydrogens (primary N) is 1. The van der Waals surface area contributed by atoms with Crippen LogP contribution in [-0.4, -0.2) is 22.6 Å². The van der Waals surface area contributed by atoms with Crippen LogP contribution in [0.2, 0.25) is 0 Å². The van der Waals surface area contributed by atoms with Crippen LogP contribution < -0.4 is 11.1 Å². The number of nitrogens with zero attached hydrogens (tertiary/aromatic N) is 1. The number of H-pyrrole nitrogens is 1. The standard InChI is InChI=1S/C15H20N4O/c1-10(12-6-4-3-5-7-12)8-9-17-15(20)13-11(2)18-19-14(13)16/h3-7,10H,8-9H2,1-2H3,(H,17,20)(H3,16,18,19). The lowest BCUT2D eigenvalue weighted by Crippen LogP contribution is -2.26. The molecule has 1 aromatic heterocycles. The largest absolute Gasteiger partial charge is 0.382 e. The normalized spacial score (nSPS) is 12.1.